The molecule has 1 unspecified atom stereocenters. The van der Waals surface area contributed by atoms with Gasteiger partial charge in [0.05, 0.1) is 17.6 Å². The normalized spacial score (nSPS) is 18.3. The molecule has 260 valence electrons. The quantitative estimate of drug-likeness (QED) is 0.220. The van der Waals surface area contributed by atoms with E-state index in [1.807, 2.05) is 31.3 Å². The highest BCUT2D eigenvalue weighted by Crippen LogP contribution is 2.29. The third-order valence-electron chi connectivity index (χ3n) is 10.2. The van der Waals surface area contributed by atoms with E-state index in [0.717, 1.165) is 91.2 Å². The lowest BCUT2D eigenvalue weighted by Crippen LogP contribution is -2.49. The molecule has 4 aromatic rings. The smallest absolute Gasteiger partial charge is 0.328 e. The number of carbonyl (C=O) groups excluding carboxylic acids is 2. The highest BCUT2D eigenvalue weighted by atomic mass is 16.2. The second kappa shape index (κ2) is 14.8. The zero-order valence-corrected chi connectivity index (χ0v) is 28.9. The van der Waals surface area contributed by atoms with Crippen molar-refractivity contribution in [3.63, 3.8) is 0 Å². The molecule has 0 bridgehead atoms. The maximum Gasteiger partial charge on any atom is 0.328 e. The molecule has 1 atom stereocenters. The van der Waals surface area contributed by atoms with Gasteiger partial charge in [-0.05, 0) is 86.2 Å². The molecule has 2 aromatic carbocycles. The fraction of sp³-hybridized carbons (Fsp3) is 0.395. The lowest BCUT2D eigenvalue weighted by molar-refractivity contribution is -0.120. The molecule has 0 radical (unpaired) electrons. The van der Waals surface area contributed by atoms with Gasteiger partial charge in [-0.1, -0.05) is 12.1 Å². The van der Waals surface area contributed by atoms with Crippen molar-refractivity contribution in [2.45, 2.75) is 39.2 Å². The number of imide groups is 1. The largest absolute Gasteiger partial charge is 0.372 e. The number of aromatic nitrogens is 3. The van der Waals surface area contributed by atoms with E-state index in [4.69, 9.17) is 10.7 Å². The van der Waals surface area contributed by atoms with Crippen molar-refractivity contribution in [1.29, 1.82) is 0 Å². The van der Waals surface area contributed by atoms with Crippen molar-refractivity contribution >= 4 is 40.6 Å². The molecule has 3 saturated heterocycles. The maximum absolute atomic E-state index is 12.2. The summed E-state index contributed by atoms with van der Waals surface area (Å²) in [6.07, 6.45) is 6.13. The van der Waals surface area contributed by atoms with E-state index in [1.165, 1.54) is 18.5 Å². The van der Waals surface area contributed by atoms with E-state index < -0.39 is 0 Å². The average molecular weight is 675 g/mol. The van der Waals surface area contributed by atoms with Crippen molar-refractivity contribution in [1.82, 2.24) is 25.2 Å². The molecule has 50 heavy (non-hydrogen) atoms. The summed E-state index contributed by atoms with van der Waals surface area (Å²) in [5.41, 5.74) is 13.2. The second-order valence-corrected chi connectivity index (χ2v) is 13.7. The number of carbonyl (C=O) groups is 2. The third-order valence-corrected chi connectivity index (χ3v) is 10.2. The lowest BCUT2D eigenvalue weighted by atomic mass is 9.95. The number of hydrogen-bond acceptors (Lipinski definition) is 10. The Bertz CT molecular complexity index is 1800. The van der Waals surface area contributed by atoms with Gasteiger partial charge in [-0.2, -0.15) is 0 Å². The van der Waals surface area contributed by atoms with E-state index in [2.05, 4.69) is 84.7 Å². The predicted molar refractivity (Wildman–Crippen MR) is 198 cm³/mol. The molecule has 5 heterocycles. The molecule has 0 saturated carbocycles. The summed E-state index contributed by atoms with van der Waals surface area (Å²) in [5, 5.41) is 5.78. The number of piperidine rings is 1. The predicted octanol–water partition coefficient (Wildman–Crippen LogP) is 5.10. The van der Waals surface area contributed by atoms with Crippen LogP contribution in [0.25, 0.3) is 11.3 Å². The molecule has 3 aliphatic rings. The van der Waals surface area contributed by atoms with Crippen molar-refractivity contribution in [3.05, 3.63) is 84.3 Å². The first-order valence-electron chi connectivity index (χ1n) is 17.6. The summed E-state index contributed by atoms with van der Waals surface area (Å²) in [6, 6.07) is 20.1. The van der Waals surface area contributed by atoms with Crippen molar-refractivity contribution < 1.29 is 9.59 Å². The highest BCUT2D eigenvalue weighted by Gasteiger charge is 2.26. The number of anilines is 5. The first-order chi connectivity index (χ1) is 24.3. The van der Waals surface area contributed by atoms with Crippen molar-refractivity contribution in [2.75, 3.05) is 72.4 Å². The minimum Gasteiger partial charge on any atom is -0.372 e. The number of benzene rings is 2. The number of nitrogens with zero attached hydrogens (tertiary/aromatic N) is 7. The van der Waals surface area contributed by atoms with Crippen LogP contribution in [0.3, 0.4) is 0 Å². The summed E-state index contributed by atoms with van der Waals surface area (Å²) >= 11 is 0. The Hall–Kier alpha value is -5.07. The van der Waals surface area contributed by atoms with Gasteiger partial charge in [0, 0.05) is 87.8 Å². The van der Waals surface area contributed by atoms with Crippen LogP contribution in [-0.4, -0.2) is 84.1 Å². The van der Waals surface area contributed by atoms with Gasteiger partial charge in [-0.3, -0.25) is 19.9 Å². The van der Waals surface area contributed by atoms with Crippen LogP contribution in [0, 0.1) is 12.8 Å². The second-order valence-electron chi connectivity index (χ2n) is 13.7. The topological polar surface area (TPSA) is 136 Å². The molecule has 3 amide bonds. The zero-order valence-electron chi connectivity index (χ0n) is 28.9. The number of nitrogens with one attached hydrogen (secondary N) is 2. The van der Waals surface area contributed by atoms with E-state index >= 15 is 0 Å². The van der Waals surface area contributed by atoms with Gasteiger partial charge in [-0.25, -0.2) is 19.7 Å². The van der Waals surface area contributed by atoms with Crippen LogP contribution in [0.4, 0.5) is 33.5 Å². The van der Waals surface area contributed by atoms with Crippen LogP contribution in [0.1, 0.15) is 43.4 Å². The van der Waals surface area contributed by atoms with Crippen LogP contribution in [0.2, 0.25) is 0 Å². The molecule has 3 aliphatic heterocycles. The Morgan fingerprint density at radius 1 is 0.860 bits per heavy atom. The summed E-state index contributed by atoms with van der Waals surface area (Å²) < 4.78 is 0. The third kappa shape index (κ3) is 7.71. The SMILES string of the molecule is Cc1cc(-c2cc(Nc3ccc(N4CCN(CC5CCN(c6ccc(N7CCC(=O)NC7=O)cc6)CC5)CC4)nc3)ncn2)ccc1C(C)N. The van der Waals surface area contributed by atoms with Gasteiger partial charge in [0.25, 0.3) is 0 Å². The van der Waals surface area contributed by atoms with E-state index in [1.54, 1.807) is 11.2 Å². The molecule has 4 N–H and O–H groups in total. The van der Waals surface area contributed by atoms with Crippen LogP contribution in [0.15, 0.2) is 73.2 Å². The highest BCUT2D eigenvalue weighted by molar-refractivity contribution is 6.05. The van der Waals surface area contributed by atoms with Gasteiger partial charge in [-0.15, -0.1) is 0 Å². The van der Waals surface area contributed by atoms with Gasteiger partial charge < -0.3 is 20.9 Å². The van der Waals surface area contributed by atoms with Gasteiger partial charge in [0.2, 0.25) is 5.91 Å². The summed E-state index contributed by atoms with van der Waals surface area (Å²) in [6.45, 7) is 11.7. The Morgan fingerprint density at radius 3 is 2.30 bits per heavy atom. The molecule has 0 spiro atoms. The lowest BCUT2D eigenvalue weighted by Gasteiger charge is -2.39. The Kier molecular flexibility index (Phi) is 9.90. The van der Waals surface area contributed by atoms with Gasteiger partial charge in [0.15, 0.2) is 0 Å². The monoisotopic (exact) mass is 674 g/mol. The Balaban J connectivity index is 0.855. The standard InChI is InChI=1S/C38H46N10O2/c1-26-21-29(3-9-33(26)27(2)39)34-22-35(42-25-41-34)43-30-4-10-36(40-23-30)47-19-17-45(18-20-47)24-28-11-14-46(15-12-28)31-5-7-32(8-6-31)48-16-13-37(49)44-38(48)50/h3-10,21-23,25,27-28H,11-20,24,39H2,1-2H3,(H,41,42,43)(H,44,49,50). The molecular formula is C38H46N10O2. The number of nitrogens with two attached hydrogens (primary N) is 1. The number of piperazine rings is 1. The number of urea groups is 1. The molecule has 0 aliphatic carbocycles. The van der Waals surface area contributed by atoms with Gasteiger partial charge >= 0.3 is 6.03 Å². The van der Waals surface area contributed by atoms with Crippen molar-refractivity contribution in [3.8, 4) is 11.3 Å². The Morgan fingerprint density at radius 2 is 1.62 bits per heavy atom. The van der Waals surface area contributed by atoms with Crippen LogP contribution >= 0.6 is 0 Å². The summed E-state index contributed by atoms with van der Waals surface area (Å²) in [4.78, 5) is 46.4. The van der Waals surface area contributed by atoms with Crippen molar-refractivity contribution in [2.24, 2.45) is 11.7 Å². The summed E-state index contributed by atoms with van der Waals surface area (Å²) in [5.74, 6) is 2.20. The van der Waals surface area contributed by atoms with Crippen LogP contribution in [-0.2, 0) is 4.79 Å². The van der Waals surface area contributed by atoms with Gasteiger partial charge in [0.1, 0.15) is 18.0 Å². The summed E-state index contributed by atoms with van der Waals surface area (Å²) in [7, 11) is 0. The van der Waals surface area contributed by atoms with E-state index in [-0.39, 0.29) is 18.0 Å². The number of pyridine rings is 1. The number of rotatable bonds is 9. The Labute approximate surface area is 293 Å². The minimum atomic E-state index is -0.345. The molecular weight excluding hydrogens is 628 g/mol. The van der Waals surface area contributed by atoms with E-state index in [0.29, 0.717) is 18.9 Å². The molecule has 12 heteroatoms. The number of aryl methyl sites for hydroxylation is 1. The fourth-order valence-corrected chi connectivity index (χ4v) is 7.28. The minimum absolute atomic E-state index is 0.00648. The van der Waals surface area contributed by atoms with E-state index in [9.17, 15) is 9.59 Å². The zero-order chi connectivity index (χ0) is 34.6. The average Bonchev–Trinajstić information content (AvgIpc) is 3.13. The van der Waals surface area contributed by atoms with Crippen LogP contribution < -0.4 is 31.1 Å². The van der Waals surface area contributed by atoms with Crippen LogP contribution in [0.5, 0.6) is 0 Å². The first kappa shape index (κ1) is 33.4. The number of amides is 3. The number of hydrogen-bond donors (Lipinski definition) is 3. The fourth-order valence-electron chi connectivity index (χ4n) is 7.28. The first-order valence-corrected chi connectivity index (χ1v) is 17.6. The molecule has 12 nitrogen and oxygen atoms in total. The molecule has 3 fully saturated rings. The molecule has 2 aromatic heterocycles. The maximum atomic E-state index is 12.2. The molecule has 7 rings (SSSR count).